The van der Waals surface area contributed by atoms with E-state index in [9.17, 15) is 26.4 Å². The lowest BCUT2D eigenvalue weighted by Gasteiger charge is -2.34. The Morgan fingerprint density at radius 2 is 1.75 bits per heavy atom. The van der Waals surface area contributed by atoms with Gasteiger partial charge in [0.1, 0.15) is 17.1 Å². The van der Waals surface area contributed by atoms with Gasteiger partial charge in [-0.3, -0.25) is 9.79 Å². The molecule has 0 aliphatic carbocycles. The van der Waals surface area contributed by atoms with Crippen molar-refractivity contribution in [2.45, 2.75) is 29.6 Å². The number of nitrogens with zero attached hydrogens (tertiary/aromatic N) is 2. The molecule has 1 amide bonds. The minimum atomic E-state index is -4.84. The SMILES string of the molecule is O=C1NC(c2cccc(OC(F)(F)F)c2)=NC12CCN(S(=O)(=O)c1ccc(Br)cc1)CC2. The van der Waals surface area contributed by atoms with Crippen LogP contribution in [0.1, 0.15) is 18.4 Å². The molecule has 2 aromatic carbocycles. The zero-order chi connectivity index (χ0) is 23.1. The largest absolute Gasteiger partial charge is 0.573 e. The zero-order valence-corrected chi connectivity index (χ0v) is 18.8. The summed E-state index contributed by atoms with van der Waals surface area (Å²) in [6.07, 6.45) is -4.54. The van der Waals surface area contributed by atoms with Crippen LogP contribution in [0.4, 0.5) is 13.2 Å². The van der Waals surface area contributed by atoms with Crippen LogP contribution in [0.15, 0.2) is 62.9 Å². The number of ether oxygens (including phenoxy) is 1. The highest BCUT2D eigenvalue weighted by Gasteiger charge is 2.47. The molecule has 0 unspecified atom stereocenters. The van der Waals surface area contributed by atoms with E-state index in [-0.39, 0.29) is 42.2 Å². The first kappa shape index (κ1) is 22.7. The Labute approximate surface area is 190 Å². The normalized spacial score (nSPS) is 19.0. The number of amidine groups is 1. The van der Waals surface area contributed by atoms with Crippen LogP contribution in [0, 0.1) is 0 Å². The Balaban J connectivity index is 1.52. The fourth-order valence-corrected chi connectivity index (χ4v) is 5.39. The number of benzene rings is 2. The zero-order valence-electron chi connectivity index (χ0n) is 16.4. The van der Waals surface area contributed by atoms with Crippen molar-refractivity contribution >= 4 is 37.7 Å². The molecular weight excluding hydrogens is 515 g/mol. The molecule has 7 nitrogen and oxygen atoms in total. The first-order valence-corrected chi connectivity index (χ1v) is 11.8. The van der Waals surface area contributed by atoms with E-state index in [1.165, 1.54) is 28.6 Å². The third kappa shape index (κ3) is 4.52. The molecule has 0 aromatic heterocycles. The van der Waals surface area contributed by atoms with Gasteiger partial charge in [-0.05, 0) is 49.2 Å². The molecule has 2 aromatic rings. The molecule has 0 radical (unpaired) electrons. The monoisotopic (exact) mass is 531 g/mol. The highest BCUT2D eigenvalue weighted by Crippen LogP contribution is 2.34. The molecule has 4 rings (SSSR count). The smallest absolute Gasteiger partial charge is 0.406 e. The number of rotatable bonds is 4. The number of sulfonamides is 1. The Morgan fingerprint density at radius 1 is 1.09 bits per heavy atom. The number of carbonyl (C=O) groups excluding carboxylic acids is 1. The van der Waals surface area contributed by atoms with Crippen LogP contribution >= 0.6 is 15.9 Å². The second-order valence-corrected chi connectivity index (χ2v) is 10.2. The highest BCUT2D eigenvalue weighted by molar-refractivity contribution is 9.10. The third-order valence-electron chi connectivity index (χ3n) is 5.32. The van der Waals surface area contributed by atoms with Gasteiger partial charge in [0.15, 0.2) is 0 Å². The molecule has 2 heterocycles. The number of carbonyl (C=O) groups is 1. The summed E-state index contributed by atoms with van der Waals surface area (Å²) in [6, 6.07) is 11.4. The molecule has 1 spiro atoms. The minimum absolute atomic E-state index is 0.0832. The first-order valence-electron chi connectivity index (χ1n) is 9.52. The van der Waals surface area contributed by atoms with Crippen molar-refractivity contribution in [3.05, 3.63) is 58.6 Å². The summed E-state index contributed by atoms with van der Waals surface area (Å²) >= 11 is 3.27. The van der Waals surface area contributed by atoms with Crippen molar-refractivity contribution in [3.8, 4) is 5.75 Å². The molecular formula is C20H17BrF3N3O4S. The lowest BCUT2D eigenvalue weighted by atomic mass is 9.89. The Bertz CT molecular complexity index is 1180. The van der Waals surface area contributed by atoms with E-state index >= 15 is 0 Å². The van der Waals surface area contributed by atoms with Gasteiger partial charge in [0.05, 0.1) is 4.90 Å². The maximum atomic E-state index is 12.9. The lowest BCUT2D eigenvalue weighted by molar-refractivity contribution is -0.274. The predicted octanol–water partition coefficient (Wildman–Crippen LogP) is 3.45. The van der Waals surface area contributed by atoms with Gasteiger partial charge in [-0.2, -0.15) is 4.31 Å². The predicted molar refractivity (Wildman–Crippen MR) is 113 cm³/mol. The Hall–Kier alpha value is -2.44. The number of nitrogens with one attached hydrogen (secondary N) is 1. The molecule has 32 heavy (non-hydrogen) atoms. The van der Waals surface area contributed by atoms with Crippen LogP contribution in [-0.4, -0.2) is 49.5 Å². The van der Waals surface area contributed by atoms with E-state index in [2.05, 4.69) is 31.0 Å². The van der Waals surface area contributed by atoms with Gasteiger partial charge in [0.2, 0.25) is 10.0 Å². The van der Waals surface area contributed by atoms with Crippen molar-refractivity contribution in [2.24, 2.45) is 4.99 Å². The van der Waals surface area contributed by atoms with E-state index in [4.69, 9.17) is 0 Å². The summed E-state index contributed by atoms with van der Waals surface area (Å²) in [6.45, 7) is 0.166. The lowest BCUT2D eigenvalue weighted by Crippen LogP contribution is -2.50. The molecule has 0 atom stereocenters. The maximum absolute atomic E-state index is 12.9. The number of halogens is 4. The topological polar surface area (TPSA) is 88.1 Å². The van der Waals surface area contributed by atoms with Gasteiger partial charge in [0, 0.05) is 23.1 Å². The van der Waals surface area contributed by atoms with Gasteiger partial charge in [0.25, 0.3) is 5.91 Å². The van der Waals surface area contributed by atoms with Gasteiger partial charge in [-0.15, -0.1) is 13.2 Å². The summed E-state index contributed by atoms with van der Waals surface area (Å²) < 4.78 is 69.2. The average Bonchev–Trinajstić information content (AvgIpc) is 3.03. The number of piperidine rings is 1. The third-order valence-corrected chi connectivity index (χ3v) is 7.76. The van der Waals surface area contributed by atoms with Crippen LogP contribution in [0.5, 0.6) is 5.75 Å². The molecule has 0 bridgehead atoms. The molecule has 2 aliphatic rings. The molecule has 12 heteroatoms. The van der Waals surface area contributed by atoms with Crippen LogP contribution in [0.3, 0.4) is 0 Å². The fraction of sp³-hybridized carbons (Fsp3) is 0.300. The van der Waals surface area contributed by atoms with Crippen LogP contribution in [0.25, 0.3) is 0 Å². The van der Waals surface area contributed by atoms with Gasteiger partial charge in [-0.1, -0.05) is 28.1 Å². The number of alkyl halides is 3. The first-order chi connectivity index (χ1) is 15.0. The molecule has 170 valence electrons. The van der Waals surface area contributed by atoms with E-state index in [1.807, 2.05) is 0 Å². The molecule has 2 aliphatic heterocycles. The van der Waals surface area contributed by atoms with Crippen molar-refractivity contribution < 1.29 is 31.1 Å². The van der Waals surface area contributed by atoms with E-state index in [0.717, 1.165) is 16.6 Å². The summed E-state index contributed by atoms with van der Waals surface area (Å²) in [5, 5.41) is 2.61. The molecule has 1 N–H and O–H groups in total. The second kappa shape index (κ2) is 8.16. The quantitative estimate of drug-likeness (QED) is 0.654. The summed E-state index contributed by atoms with van der Waals surface area (Å²) in [5.74, 6) is -0.703. The number of aliphatic imine (C=N–C) groups is 1. The van der Waals surface area contributed by atoms with Crippen molar-refractivity contribution in [3.63, 3.8) is 0 Å². The number of amides is 1. The Morgan fingerprint density at radius 3 is 2.38 bits per heavy atom. The van der Waals surface area contributed by atoms with Crippen LogP contribution in [-0.2, 0) is 14.8 Å². The maximum Gasteiger partial charge on any atom is 0.573 e. The second-order valence-electron chi connectivity index (χ2n) is 7.38. The summed E-state index contributed by atoms with van der Waals surface area (Å²) in [5.41, 5.74) is -0.899. The van der Waals surface area contributed by atoms with Crippen molar-refractivity contribution in [1.29, 1.82) is 0 Å². The van der Waals surface area contributed by atoms with Gasteiger partial charge < -0.3 is 10.1 Å². The van der Waals surface area contributed by atoms with Gasteiger partial charge in [-0.25, -0.2) is 8.42 Å². The molecule has 1 fully saturated rings. The number of hydrogen-bond acceptors (Lipinski definition) is 5. The van der Waals surface area contributed by atoms with Gasteiger partial charge >= 0.3 is 6.36 Å². The van der Waals surface area contributed by atoms with Crippen LogP contribution in [0.2, 0.25) is 0 Å². The molecule has 1 saturated heterocycles. The summed E-state index contributed by atoms with van der Waals surface area (Å²) in [4.78, 5) is 17.3. The average molecular weight is 532 g/mol. The minimum Gasteiger partial charge on any atom is -0.406 e. The standard InChI is InChI=1S/C20H17BrF3N3O4S/c21-14-4-6-16(7-5-14)32(29,30)27-10-8-19(9-11-27)18(28)25-17(26-19)13-2-1-3-15(12-13)31-20(22,23)24/h1-7,12H,8-11H2,(H,25,26,28). The highest BCUT2D eigenvalue weighted by atomic mass is 79.9. The van der Waals surface area contributed by atoms with Crippen LogP contribution < -0.4 is 10.1 Å². The van der Waals surface area contributed by atoms with Crippen molar-refractivity contribution in [1.82, 2.24) is 9.62 Å². The van der Waals surface area contributed by atoms with E-state index in [0.29, 0.717) is 0 Å². The van der Waals surface area contributed by atoms with E-state index < -0.39 is 33.6 Å². The Kier molecular flexibility index (Phi) is 5.80. The number of hydrogen-bond donors (Lipinski definition) is 1. The fourth-order valence-electron chi connectivity index (χ4n) is 3.68. The van der Waals surface area contributed by atoms with E-state index in [1.54, 1.807) is 12.1 Å². The molecule has 0 saturated carbocycles. The summed E-state index contributed by atoms with van der Waals surface area (Å²) in [7, 11) is -3.72. The van der Waals surface area contributed by atoms with Crippen molar-refractivity contribution in [2.75, 3.05) is 13.1 Å².